The molecule has 0 atom stereocenters. The molecule has 1 aromatic heterocycles. The minimum Gasteiger partial charge on any atom is -0.395 e. The van der Waals surface area contributed by atoms with E-state index in [1.54, 1.807) is 0 Å². The lowest BCUT2D eigenvalue weighted by atomic mass is 9.49. The molecular formula is C17H23N3O3S. The highest BCUT2D eigenvalue weighted by Crippen LogP contribution is 2.60. The van der Waals surface area contributed by atoms with Crippen molar-refractivity contribution in [2.45, 2.75) is 43.9 Å². The maximum Gasteiger partial charge on any atom is 0.315 e. The zero-order valence-electron chi connectivity index (χ0n) is 13.6. The lowest BCUT2D eigenvalue weighted by Crippen LogP contribution is -2.48. The van der Waals surface area contributed by atoms with Crippen LogP contribution in [-0.4, -0.2) is 35.1 Å². The number of nitrogens with zero attached hydrogens (tertiary/aromatic N) is 1. The second-order valence-corrected chi connectivity index (χ2v) is 8.53. The zero-order chi connectivity index (χ0) is 16.7. The van der Waals surface area contributed by atoms with E-state index in [0.717, 1.165) is 23.4 Å². The van der Waals surface area contributed by atoms with Crippen LogP contribution < -0.4 is 10.6 Å². The van der Waals surface area contributed by atoms with Crippen molar-refractivity contribution in [2.24, 2.45) is 17.8 Å². The standard InChI is InChI=1S/C17H23N3O3S/c21-2-1-18-14(22)15(23)20-16-19-13(9-24-16)17-6-10-3-11(7-17)5-12(4-10)8-17/h9-12,21H,1-8H2,(H,18,22)(H,19,20,23). The third-order valence-electron chi connectivity index (χ3n) is 5.91. The van der Waals surface area contributed by atoms with Crippen LogP contribution in [0.25, 0.3) is 0 Å². The maximum atomic E-state index is 11.8. The number of rotatable bonds is 4. The summed E-state index contributed by atoms with van der Waals surface area (Å²) in [5.41, 5.74) is 1.31. The van der Waals surface area contributed by atoms with Gasteiger partial charge in [0.25, 0.3) is 0 Å². The van der Waals surface area contributed by atoms with Crippen LogP contribution in [0.1, 0.15) is 44.2 Å². The Labute approximate surface area is 145 Å². The molecule has 0 unspecified atom stereocenters. The number of carbonyl (C=O) groups excluding carboxylic acids is 2. The summed E-state index contributed by atoms with van der Waals surface area (Å²) in [4.78, 5) is 28.1. The van der Waals surface area contributed by atoms with Gasteiger partial charge in [0.2, 0.25) is 0 Å². The average molecular weight is 349 g/mol. The maximum absolute atomic E-state index is 11.8. The van der Waals surface area contributed by atoms with Gasteiger partial charge in [0, 0.05) is 17.3 Å². The van der Waals surface area contributed by atoms with E-state index in [2.05, 4.69) is 21.0 Å². The van der Waals surface area contributed by atoms with Crippen LogP contribution in [0, 0.1) is 17.8 Å². The van der Waals surface area contributed by atoms with Gasteiger partial charge in [-0.2, -0.15) is 0 Å². The number of hydrogen-bond acceptors (Lipinski definition) is 5. The van der Waals surface area contributed by atoms with Crippen molar-refractivity contribution >= 4 is 28.3 Å². The molecule has 1 heterocycles. The molecule has 0 saturated heterocycles. The Morgan fingerprint density at radius 3 is 2.38 bits per heavy atom. The van der Waals surface area contributed by atoms with Crippen molar-refractivity contribution in [1.82, 2.24) is 10.3 Å². The van der Waals surface area contributed by atoms with E-state index in [4.69, 9.17) is 5.11 Å². The van der Waals surface area contributed by atoms with E-state index in [0.29, 0.717) is 5.13 Å². The fourth-order valence-electron chi connectivity index (χ4n) is 5.40. The summed E-state index contributed by atoms with van der Waals surface area (Å²) in [5, 5.41) is 16.2. The summed E-state index contributed by atoms with van der Waals surface area (Å²) in [7, 11) is 0. The highest BCUT2D eigenvalue weighted by molar-refractivity contribution is 7.14. The summed E-state index contributed by atoms with van der Waals surface area (Å²) in [6, 6.07) is 0. The van der Waals surface area contributed by atoms with E-state index in [1.165, 1.54) is 49.9 Å². The Bertz CT molecular complexity index is 622. The van der Waals surface area contributed by atoms with Crippen LogP contribution in [0.2, 0.25) is 0 Å². The summed E-state index contributed by atoms with van der Waals surface area (Å²) >= 11 is 1.40. The smallest absolute Gasteiger partial charge is 0.315 e. The van der Waals surface area contributed by atoms with Crippen molar-refractivity contribution in [3.05, 3.63) is 11.1 Å². The molecule has 4 aliphatic rings. The number of hydrogen-bond donors (Lipinski definition) is 3. The third-order valence-corrected chi connectivity index (χ3v) is 6.67. The van der Waals surface area contributed by atoms with Gasteiger partial charge in [0.15, 0.2) is 5.13 Å². The molecule has 2 amide bonds. The van der Waals surface area contributed by atoms with Gasteiger partial charge in [-0.3, -0.25) is 14.9 Å². The quantitative estimate of drug-likeness (QED) is 0.721. The Morgan fingerprint density at radius 1 is 1.17 bits per heavy atom. The third kappa shape index (κ3) is 2.84. The van der Waals surface area contributed by atoms with E-state index in [-0.39, 0.29) is 18.6 Å². The Hall–Kier alpha value is -1.47. The Kier molecular flexibility index (Phi) is 4.08. The SMILES string of the molecule is O=C(NCCO)C(=O)Nc1nc(C23CC4CC(CC(C4)C2)C3)cs1. The Balaban J connectivity index is 1.45. The van der Waals surface area contributed by atoms with E-state index in [1.807, 2.05) is 0 Å². The summed E-state index contributed by atoms with van der Waals surface area (Å²) in [6.07, 6.45) is 7.85. The number of carbonyl (C=O) groups is 2. The van der Waals surface area contributed by atoms with Crippen molar-refractivity contribution < 1.29 is 14.7 Å². The number of thiazole rings is 1. The molecule has 4 bridgehead atoms. The topological polar surface area (TPSA) is 91.3 Å². The highest BCUT2D eigenvalue weighted by Gasteiger charge is 2.52. The number of aliphatic hydroxyl groups excluding tert-OH is 1. The molecule has 130 valence electrons. The number of amides is 2. The molecule has 1 aromatic rings. The molecule has 0 aromatic carbocycles. The van der Waals surface area contributed by atoms with Crippen molar-refractivity contribution in [3.8, 4) is 0 Å². The molecule has 4 fully saturated rings. The van der Waals surface area contributed by atoms with Crippen molar-refractivity contribution in [1.29, 1.82) is 0 Å². The second kappa shape index (κ2) is 6.11. The fraction of sp³-hybridized carbons (Fsp3) is 0.706. The molecule has 0 spiro atoms. The van der Waals surface area contributed by atoms with Crippen molar-refractivity contribution in [3.63, 3.8) is 0 Å². The van der Waals surface area contributed by atoms with Gasteiger partial charge in [-0.1, -0.05) is 0 Å². The van der Waals surface area contributed by atoms with Crippen molar-refractivity contribution in [2.75, 3.05) is 18.5 Å². The fourth-order valence-corrected chi connectivity index (χ4v) is 6.23. The first-order valence-corrected chi connectivity index (χ1v) is 9.62. The second-order valence-electron chi connectivity index (χ2n) is 7.67. The lowest BCUT2D eigenvalue weighted by Gasteiger charge is -2.56. The molecule has 4 saturated carbocycles. The summed E-state index contributed by atoms with van der Waals surface area (Å²) in [5.74, 6) is 1.08. The predicted molar refractivity (Wildman–Crippen MR) is 90.7 cm³/mol. The predicted octanol–water partition coefficient (Wildman–Crippen LogP) is 1.66. The van der Waals surface area contributed by atoms with Crippen LogP contribution in [0.4, 0.5) is 5.13 Å². The van der Waals surface area contributed by atoms with Gasteiger partial charge in [-0.25, -0.2) is 4.98 Å². The lowest BCUT2D eigenvalue weighted by molar-refractivity contribution is -0.136. The number of aliphatic hydroxyl groups is 1. The molecule has 0 aliphatic heterocycles. The van der Waals surface area contributed by atoms with Crippen LogP contribution in [0.5, 0.6) is 0 Å². The van der Waals surface area contributed by atoms with Gasteiger partial charge in [0.05, 0.1) is 12.3 Å². The first-order valence-electron chi connectivity index (χ1n) is 8.74. The van der Waals surface area contributed by atoms with Gasteiger partial charge in [-0.05, 0) is 56.3 Å². The molecular weight excluding hydrogens is 326 g/mol. The highest BCUT2D eigenvalue weighted by atomic mass is 32.1. The van der Waals surface area contributed by atoms with Gasteiger partial charge in [-0.15, -0.1) is 11.3 Å². The molecule has 0 radical (unpaired) electrons. The number of aromatic nitrogens is 1. The minimum atomic E-state index is -0.740. The molecule has 7 heteroatoms. The number of nitrogens with one attached hydrogen (secondary N) is 2. The summed E-state index contributed by atoms with van der Waals surface area (Å²) in [6.45, 7) is -0.116. The van der Waals surface area contributed by atoms with Crippen LogP contribution in [0.3, 0.4) is 0 Å². The van der Waals surface area contributed by atoms with E-state index >= 15 is 0 Å². The van der Waals surface area contributed by atoms with Crippen LogP contribution in [0.15, 0.2) is 5.38 Å². The number of anilines is 1. The first kappa shape index (κ1) is 16.0. The molecule has 6 nitrogen and oxygen atoms in total. The minimum absolute atomic E-state index is 0.0721. The van der Waals surface area contributed by atoms with Gasteiger partial charge < -0.3 is 10.4 Å². The Morgan fingerprint density at radius 2 is 1.79 bits per heavy atom. The van der Waals surface area contributed by atoms with Gasteiger partial charge in [0.1, 0.15) is 0 Å². The molecule has 5 rings (SSSR count). The molecule has 4 aliphatic carbocycles. The van der Waals surface area contributed by atoms with Gasteiger partial charge >= 0.3 is 11.8 Å². The largest absolute Gasteiger partial charge is 0.395 e. The average Bonchev–Trinajstić information content (AvgIpc) is 3.00. The van der Waals surface area contributed by atoms with Crippen LogP contribution in [-0.2, 0) is 15.0 Å². The normalized spacial score (nSPS) is 33.5. The summed E-state index contributed by atoms with van der Waals surface area (Å²) < 4.78 is 0. The molecule has 3 N–H and O–H groups in total. The first-order chi connectivity index (χ1) is 11.6. The van der Waals surface area contributed by atoms with E-state index in [9.17, 15) is 9.59 Å². The zero-order valence-corrected chi connectivity index (χ0v) is 14.4. The monoisotopic (exact) mass is 349 g/mol. The molecule has 24 heavy (non-hydrogen) atoms. The van der Waals surface area contributed by atoms with Crippen LogP contribution >= 0.6 is 11.3 Å². The van der Waals surface area contributed by atoms with E-state index < -0.39 is 11.8 Å².